The zero-order valence-corrected chi connectivity index (χ0v) is 27.2. The molecule has 5 aromatic rings. The summed E-state index contributed by atoms with van der Waals surface area (Å²) in [6.45, 7) is 1.26. The Morgan fingerprint density at radius 1 is 0.688 bits per heavy atom. The average Bonchev–Trinajstić information content (AvgIpc) is 3.10. The Morgan fingerprint density at radius 2 is 1.27 bits per heavy atom. The van der Waals surface area contributed by atoms with Crippen LogP contribution in [0.2, 0.25) is 0 Å². The SMILES string of the molecule is NC(N)=NCCC[C@H]1CN(C(=O)Cc2ccc3ccccc3c2)[C@@H](Cc2ccccc2)CN1C(=O)[C@H](N)Cc1ccc2ccccc2c1. The number of nitrogens with zero attached hydrogens (tertiary/aromatic N) is 3. The van der Waals surface area contributed by atoms with E-state index in [0.717, 1.165) is 38.2 Å². The van der Waals surface area contributed by atoms with Gasteiger partial charge in [0.25, 0.3) is 0 Å². The van der Waals surface area contributed by atoms with Gasteiger partial charge >= 0.3 is 0 Å². The van der Waals surface area contributed by atoms with Gasteiger partial charge in [0, 0.05) is 25.7 Å². The van der Waals surface area contributed by atoms with Crippen LogP contribution in [0.3, 0.4) is 0 Å². The largest absolute Gasteiger partial charge is 0.370 e. The monoisotopic (exact) mass is 640 g/mol. The molecule has 1 aliphatic rings. The third-order valence-corrected chi connectivity index (χ3v) is 9.36. The maximum atomic E-state index is 14.2. The van der Waals surface area contributed by atoms with Crippen molar-refractivity contribution in [3.8, 4) is 0 Å². The lowest BCUT2D eigenvalue weighted by atomic mass is 9.94. The van der Waals surface area contributed by atoms with Gasteiger partial charge in [0.2, 0.25) is 11.8 Å². The van der Waals surface area contributed by atoms with Crippen LogP contribution in [0.15, 0.2) is 120 Å². The van der Waals surface area contributed by atoms with E-state index in [2.05, 4.69) is 65.7 Å². The van der Waals surface area contributed by atoms with E-state index < -0.39 is 6.04 Å². The number of hydrogen-bond donors (Lipinski definition) is 3. The molecular weight excluding hydrogens is 596 g/mol. The van der Waals surface area contributed by atoms with Crippen LogP contribution in [-0.4, -0.2) is 65.3 Å². The second-order valence-corrected chi connectivity index (χ2v) is 12.8. The van der Waals surface area contributed by atoms with E-state index in [1.54, 1.807) is 0 Å². The Morgan fingerprint density at radius 3 is 1.94 bits per heavy atom. The van der Waals surface area contributed by atoms with Gasteiger partial charge < -0.3 is 27.0 Å². The summed E-state index contributed by atoms with van der Waals surface area (Å²) < 4.78 is 0. The minimum Gasteiger partial charge on any atom is -0.370 e. The highest BCUT2D eigenvalue weighted by atomic mass is 16.2. The van der Waals surface area contributed by atoms with Gasteiger partial charge in [-0.25, -0.2) is 0 Å². The van der Waals surface area contributed by atoms with Crippen LogP contribution < -0.4 is 17.2 Å². The van der Waals surface area contributed by atoms with Crippen LogP contribution in [0.25, 0.3) is 21.5 Å². The number of fused-ring (bicyclic) bond motifs is 2. The molecule has 1 heterocycles. The summed E-state index contributed by atoms with van der Waals surface area (Å²) in [5.41, 5.74) is 21.0. The summed E-state index contributed by atoms with van der Waals surface area (Å²) in [6, 6.07) is 37.8. The van der Waals surface area contributed by atoms with Gasteiger partial charge in [0.05, 0.1) is 18.5 Å². The first-order valence-corrected chi connectivity index (χ1v) is 16.7. The van der Waals surface area contributed by atoms with Gasteiger partial charge in [-0.3, -0.25) is 14.6 Å². The minimum absolute atomic E-state index is 0.0408. The fourth-order valence-corrected chi connectivity index (χ4v) is 6.91. The topological polar surface area (TPSA) is 131 Å². The molecule has 1 fully saturated rings. The van der Waals surface area contributed by atoms with Crippen molar-refractivity contribution in [1.82, 2.24) is 9.80 Å². The smallest absolute Gasteiger partial charge is 0.240 e. The van der Waals surface area contributed by atoms with Crippen LogP contribution in [-0.2, 0) is 28.9 Å². The van der Waals surface area contributed by atoms with E-state index in [9.17, 15) is 9.59 Å². The number of guanidine groups is 1. The summed E-state index contributed by atoms with van der Waals surface area (Å²) in [7, 11) is 0. The summed E-state index contributed by atoms with van der Waals surface area (Å²) in [5, 5.41) is 4.52. The fourth-order valence-electron chi connectivity index (χ4n) is 6.91. The average molecular weight is 641 g/mol. The van der Waals surface area contributed by atoms with Crippen molar-refractivity contribution >= 4 is 39.3 Å². The molecule has 1 aliphatic heterocycles. The highest BCUT2D eigenvalue weighted by molar-refractivity contribution is 5.87. The lowest BCUT2D eigenvalue weighted by molar-refractivity contribution is -0.147. The standard InChI is InChI=1S/C40H44N6O2/c41-37(24-29-16-18-31-11-4-6-13-33(31)21-29)39(48)46-27-36(23-28-9-2-1-3-10-28)45(26-35(46)15-8-20-44-40(42)43)38(47)25-30-17-19-32-12-5-7-14-34(32)22-30/h1-7,9-14,16-19,21-22,35-37H,8,15,20,23-27,41H2,(H4,42,43,44)/t35-,36-,37+/m0/s1. The van der Waals surface area contributed by atoms with E-state index in [1.165, 1.54) is 0 Å². The van der Waals surface area contributed by atoms with E-state index in [4.69, 9.17) is 17.2 Å². The Kier molecular flexibility index (Phi) is 10.3. The first-order chi connectivity index (χ1) is 23.3. The quantitative estimate of drug-likeness (QED) is 0.108. The Balaban J connectivity index is 1.26. The number of nitrogens with two attached hydrogens (primary N) is 3. The molecule has 0 radical (unpaired) electrons. The van der Waals surface area contributed by atoms with E-state index >= 15 is 0 Å². The second kappa shape index (κ2) is 15.1. The van der Waals surface area contributed by atoms with Crippen molar-refractivity contribution < 1.29 is 9.59 Å². The predicted molar refractivity (Wildman–Crippen MR) is 194 cm³/mol. The Bertz CT molecular complexity index is 1900. The molecule has 6 rings (SSSR count). The van der Waals surface area contributed by atoms with Gasteiger partial charge in [0.1, 0.15) is 0 Å². The van der Waals surface area contributed by atoms with Gasteiger partial charge in [-0.2, -0.15) is 0 Å². The zero-order valence-electron chi connectivity index (χ0n) is 27.2. The molecule has 8 heteroatoms. The van der Waals surface area contributed by atoms with E-state index in [0.29, 0.717) is 45.3 Å². The number of amides is 2. The third kappa shape index (κ3) is 8.01. The summed E-state index contributed by atoms with van der Waals surface area (Å²) in [5.74, 6) is -0.0122. The van der Waals surface area contributed by atoms with Crippen molar-refractivity contribution in [3.63, 3.8) is 0 Å². The van der Waals surface area contributed by atoms with Crippen molar-refractivity contribution in [2.24, 2.45) is 22.2 Å². The first-order valence-electron chi connectivity index (χ1n) is 16.7. The lowest BCUT2D eigenvalue weighted by Crippen LogP contribution is -2.64. The molecule has 1 saturated heterocycles. The molecule has 0 spiro atoms. The number of aliphatic imine (C=N–C) groups is 1. The predicted octanol–water partition coefficient (Wildman–Crippen LogP) is 4.81. The first kappa shape index (κ1) is 32.7. The number of benzene rings is 5. The molecular formula is C40H44N6O2. The number of piperazine rings is 1. The molecule has 246 valence electrons. The van der Waals surface area contributed by atoms with E-state index in [1.807, 2.05) is 64.4 Å². The molecule has 6 N–H and O–H groups in total. The molecule has 0 aliphatic carbocycles. The van der Waals surface area contributed by atoms with Crippen molar-refractivity contribution in [1.29, 1.82) is 0 Å². The van der Waals surface area contributed by atoms with Crippen molar-refractivity contribution in [3.05, 3.63) is 132 Å². The van der Waals surface area contributed by atoms with Crippen molar-refractivity contribution in [2.75, 3.05) is 19.6 Å². The molecule has 0 aromatic heterocycles. The van der Waals surface area contributed by atoms with Crippen LogP contribution in [0, 0.1) is 0 Å². The van der Waals surface area contributed by atoms with Crippen molar-refractivity contribution in [2.45, 2.75) is 50.2 Å². The highest BCUT2D eigenvalue weighted by Crippen LogP contribution is 2.26. The minimum atomic E-state index is -0.719. The fraction of sp³-hybridized carbons (Fsp3) is 0.275. The normalized spacial score (nSPS) is 16.9. The molecule has 3 atom stereocenters. The number of hydrogen-bond acceptors (Lipinski definition) is 4. The van der Waals surface area contributed by atoms with Gasteiger partial charge in [-0.05, 0) is 63.9 Å². The maximum Gasteiger partial charge on any atom is 0.240 e. The lowest BCUT2D eigenvalue weighted by Gasteiger charge is -2.47. The highest BCUT2D eigenvalue weighted by Gasteiger charge is 2.39. The molecule has 0 bridgehead atoms. The molecule has 5 aromatic carbocycles. The molecule has 0 saturated carbocycles. The number of rotatable bonds is 11. The molecule has 0 unspecified atom stereocenters. The van der Waals surface area contributed by atoms with Crippen LogP contribution >= 0.6 is 0 Å². The Labute approximate surface area is 282 Å². The maximum absolute atomic E-state index is 14.2. The summed E-state index contributed by atoms with van der Waals surface area (Å²) in [6.07, 6.45) is 2.65. The summed E-state index contributed by atoms with van der Waals surface area (Å²) in [4.78, 5) is 36.5. The Hall–Kier alpha value is -5.21. The molecule has 8 nitrogen and oxygen atoms in total. The zero-order chi connectivity index (χ0) is 33.5. The third-order valence-electron chi connectivity index (χ3n) is 9.36. The van der Waals surface area contributed by atoms with Gasteiger partial charge in [0.15, 0.2) is 5.96 Å². The van der Waals surface area contributed by atoms with Gasteiger partial charge in [-0.1, -0.05) is 115 Å². The van der Waals surface area contributed by atoms with Crippen LogP contribution in [0.1, 0.15) is 29.5 Å². The van der Waals surface area contributed by atoms with Crippen LogP contribution in [0.5, 0.6) is 0 Å². The van der Waals surface area contributed by atoms with Crippen LogP contribution in [0.4, 0.5) is 0 Å². The number of carbonyl (C=O) groups excluding carboxylic acids is 2. The molecule has 48 heavy (non-hydrogen) atoms. The summed E-state index contributed by atoms with van der Waals surface area (Å²) >= 11 is 0. The second-order valence-electron chi connectivity index (χ2n) is 12.8. The van der Waals surface area contributed by atoms with E-state index in [-0.39, 0.29) is 36.3 Å². The van der Waals surface area contributed by atoms with Gasteiger partial charge in [-0.15, -0.1) is 0 Å². The number of carbonyl (C=O) groups is 2. The molecule has 2 amide bonds.